The maximum absolute atomic E-state index is 12.8. The number of hydrogen-bond acceptors (Lipinski definition) is 3. The zero-order valence-electron chi connectivity index (χ0n) is 19.0. The Morgan fingerprint density at radius 2 is 1.76 bits per heavy atom. The zero-order chi connectivity index (χ0) is 23.2. The molecule has 5 nitrogen and oxygen atoms in total. The van der Waals surface area contributed by atoms with Gasteiger partial charge < -0.3 is 14.2 Å². The molecule has 33 heavy (non-hydrogen) atoms. The number of nitrogens with zero attached hydrogens (tertiary/aromatic N) is 2. The van der Waals surface area contributed by atoms with Gasteiger partial charge in [0.05, 0.1) is 0 Å². The normalized spacial score (nSPS) is 10.8. The molecule has 4 rings (SSSR count). The maximum atomic E-state index is 12.8. The minimum absolute atomic E-state index is 0.0000207. The highest BCUT2D eigenvalue weighted by Gasteiger charge is 2.15. The first-order valence-electron chi connectivity index (χ1n) is 11.1. The third-order valence-corrected chi connectivity index (χ3v) is 5.85. The topological polar surface area (TPSA) is 51.5 Å². The van der Waals surface area contributed by atoms with Crippen molar-refractivity contribution in [2.45, 2.75) is 26.5 Å². The lowest BCUT2D eigenvalue weighted by Crippen LogP contribution is -2.31. The fourth-order valence-electron chi connectivity index (χ4n) is 3.80. The van der Waals surface area contributed by atoms with Crippen LogP contribution in [0, 0.1) is 6.92 Å². The van der Waals surface area contributed by atoms with Crippen LogP contribution in [0.4, 0.5) is 0 Å². The molecule has 0 atom stereocenters. The van der Waals surface area contributed by atoms with Gasteiger partial charge in [0.1, 0.15) is 18.9 Å². The second-order valence-electron chi connectivity index (χ2n) is 8.33. The highest BCUT2D eigenvalue weighted by atomic mass is 16.5. The third-order valence-electron chi connectivity index (χ3n) is 5.85. The average molecular weight is 441 g/mol. The summed E-state index contributed by atoms with van der Waals surface area (Å²) < 4.78 is 7.78. The lowest BCUT2D eigenvalue weighted by atomic mass is 10.1. The van der Waals surface area contributed by atoms with Crippen molar-refractivity contribution in [2.75, 3.05) is 13.6 Å². The monoisotopic (exact) mass is 440 g/mol. The molecule has 4 aromatic rings. The molecule has 5 heteroatoms. The molecule has 168 valence electrons. The smallest absolute Gasteiger partial charge is 0.242 e. The standard InChI is InChI=1S/C28H28N2O3/c1-21-8-10-23(11-9-21)20-33-25-12-13-27-26(16-25)24(19-31)17-30(27)18-28(32)29(2)15-14-22-6-4-3-5-7-22/h3-13,16-17,19H,14-15,18,20H2,1-2H3. The van der Waals surface area contributed by atoms with E-state index in [-0.39, 0.29) is 12.5 Å². The Hall–Kier alpha value is -3.86. The van der Waals surface area contributed by atoms with E-state index in [0.29, 0.717) is 24.5 Å². The Bertz CT molecular complexity index is 1240. The number of carbonyl (C=O) groups excluding carboxylic acids is 2. The molecule has 0 spiro atoms. The van der Waals surface area contributed by atoms with E-state index in [9.17, 15) is 9.59 Å². The summed E-state index contributed by atoms with van der Waals surface area (Å²) in [6.45, 7) is 3.32. The molecule has 0 aliphatic heterocycles. The Morgan fingerprint density at radius 1 is 1.00 bits per heavy atom. The van der Waals surface area contributed by atoms with Gasteiger partial charge in [-0.25, -0.2) is 0 Å². The van der Waals surface area contributed by atoms with Crippen LogP contribution in [0.3, 0.4) is 0 Å². The number of carbonyl (C=O) groups is 2. The summed E-state index contributed by atoms with van der Waals surface area (Å²) in [5.74, 6) is 0.690. The first-order chi connectivity index (χ1) is 16.0. The number of hydrogen-bond donors (Lipinski definition) is 0. The number of amides is 1. The Balaban J connectivity index is 1.44. The van der Waals surface area contributed by atoms with Crippen LogP contribution in [0.1, 0.15) is 27.0 Å². The summed E-state index contributed by atoms with van der Waals surface area (Å²) in [5.41, 5.74) is 4.87. The van der Waals surface area contributed by atoms with Gasteiger partial charge in [-0.2, -0.15) is 0 Å². The Morgan fingerprint density at radius 3 is 2.48 bits per heavy atom. The van der Waals surface area contributed by atoms with E-state index in [2.05, 4.69) is 31.2 Å². The maximum Gasteiger partial charge on any atom is 0.242 e. The average Bonchev–Trinajstić information content (AvgIpc) is 3.19. The number of ether oxygens (including phenoxy) is 1. The molecule has 0 saturated heterocycles. The predicted octanol–water partition coefficient (Wildman–Crippen LogP) is 5.04. The molecule has 0 unspecified atom stereocenters. The van der Waals surface area contributed by atoms with Crippen LogP contribution in [-0.2, 0) is 24.4 Å². The number of rotatable bonds is 9. The van der Waals surface area contributed by atoms with Gasteiger partial charge in [0, 0.05) is 36.3 Å². The molecule has 0 radical (unpaired) electrons. The highest BCUT2D eigenvalue weighted by Crippen LogP contribution is 2.26. The molecule has 0 aliphatic rings. The van der Waals surface area contributed by atoms with E-state index in [4.69, 9.17) is 4.74 Å². The van der Waals surface area contributed by atoms with Crippen LogP contribution in [0.25, 0.3) is 10.9 Å². The second-order valence-corrected chi connectivity index (χ2v) is 8.33. The van der Waals surface area contributed by atoms with Crippen LogP contribution >= 0.6 is 0 Å². The first kappa shape index (κ1) is 22.3. The van der Waals surface area contributed by atoms with Crippen molar-refractivity contribution in [3.05, 3.63) is 101 Å². The van der Waals surface area contributed by atoms with Crippen molar-refractivity contribution >= 4 is 23.1 Å². The van der Waals surface area contributed by atoms with E-state index in [1.54, 1.807) is 11.1 Å². The SMILES string of the molecule is Cc1ccc(COc2ccc3c(c2)c(C=O)cn3CC(=O)N(C)CCc2ccccc2)cc1. The molecule has 1 heterocycles. The van der Waals surface area contributed by atoms with Crippen LogP contribution in [-0.4, -0.2) is 35.3 Å². The molecule has 0 aliphatic carbocycles. The van der Waals surface area contributed by atoms with E-state index < -0.39 is 0 Å². The summed E-state index contributed by atoms with van der Waals surface area (Å²) in [7, 11) is 1.81. The van der Waals surface area contributed by atoms with E-state index >= 15 is 0 Å². The van der Waals surface area contributed by atoms with Crippen molar-refractivity contribution in [3.8, 4) is 5.75 Å². The van der Waals surface area contributed by atoms with E-state index in [1.807, 2.05) is 60.1 Å². The van der Waals surface area contributed by atoms with Gasteiger partial charge in [0.25, 0.3) is 0 Å². The van der Waals surface area contributed by atoms with Gasteiger partial charge in [-0.05, 0) is 42.7 Å². The Labute approximate surface area is 194 Å². The zero-order valence-corrected chi connectivity index (χ0v) is 19.0. The quantitative estimate of drug-likeness (QED) is 0.343. The van der Waals surface area contributed by atoms with Gasteiger partial charge in [-0.15, -0.1) is 0 Å². The van der Waals surface area contributed by atoms with Crippen molar-refractivity contribution in [1.82, 2.24) is 9.47 Å². The minimum atomic E-state index is -0.0000207. The van der Waals surface area contributed by atoms with Gasteiger partial charge >= 0.3 is 0 Å². The van der Waals surface area contributed by atoms with Crippen LogP contribution in [0.2, 0.25) is 0 Å². The number of fused-ring (bicyclic) bond motifs is 1. The molecule has 1 amide bonds. The summed E-state index contributed by atoms with van der Waals surface area (Å²) in [4.78, 5) is 26.2. The van der Waals surface area contributed by atoms with Gasteiger partial charge in [0.2, 0.25) is 5.91 Å². The number of benzene rings is 3. The molecular weight excluding hydrogens is 412 g/mol. The molecular formula is C28H28N2O3. The van der Waals surface area contributed by atoms with Crippen LogP contribution in [0.5, 0.6) is 5.75 Å². The molecule has 1 aromatic heterocycles. The summed E-state index contributed by atoms with van der Waals surface area (Å²) in [6.07, 6.45) is 3.37. The minimum Gasteiger partial charge on any atom is -0.489 e. The van der Waals surface area contributed by atoms with Crippen molar-refractivity contribution in [1.29, 1.82) is 0 Å². The summed E-state index contributed by atoms with van der Waals surface area (Å²) in [6, 6.07) is 24.0. The summed E-state index contributed by atoms with van der Waals surface area (Å²) in [5, 5.41) is 0.783. The van der Waals surface area contributed by atoms with Gasteiger partial charge in [-0.1, -0.05) is 60.2 Å². The lowest BCUT2D eigenvalue weighted by Gasteiger charge is -2.18. The van der Waals surface area contributed by atoms with Gasteiger partial charge in [-0.3, -0.25) is 9.59 Å². The van der Waals surface area contributed by atoms with Crippen molar-refractivity contribution in [3.63, 3.8) is 0 Å². The molecule has 0 N–H and O–H groups in total. The lowest BCUT2D eigenvalue weighted by molar-refractivity contribution is -0.130. The van der Waals surface area contributed by atoms with E-state index in [0.717, 1.165) is 29.2 Å². The number of aldehydes is 1. The second kappa shape index (κ2) is 10.2. The van der Waals surface area contributed by atoms with E-state index in [1.165, 1.54) is 11.1 Å². The summed E-state index contributed by atoms with van der Waals surface area (Å²) >= 11 is 0. The van der Waals surface area contributed by atoms with Crippen LogP contribution in [0.15, 0.2) is 79.0 Å². The Kier molecular flexibility index (Phi) is 6.89. The third kappa shape index (κ3) is 5.50. The van der Waals surface area contributed by atoms with Crippen LogP contribution < -0.4 is 4.74 Å². The highest BCUT2D eigenvalue weighted by molar-refractivity contribution is 5.98. The number of likely N-dealkylation sites (N-methyl/N-ethyl adjacent to an activating group) is 1. The molecule has 0 bridgehead atoms. The molecule has 3 aromatic carbocycles. The number of aromatic nitrogens is 1. The first-order valence-corrected chi connectivity index (χ1v) is 11.1. The fraction of sp³-hybridized carbons (Fsp3) is 0.214. The molecule has 0 saturated carbocycles. The predicted molar refractivity (Wildman–Crippen MR) is 131 cm³/mol. The number of aryl methyl sites for hydroxylation is 1. The van der Waals surface area contributed by atoms with Crippen molar-refractivity contribution < 1.29 is 14.3 Å². The van der Waals surface area contributed by atoms with Crippen molar-refractivity contribution in [2.24, 2.45) is 0 Å². The largest absolute Gasteiger partial charge is 0.489 e. The molecule has 0 fully saturated rings. The fourth-order valence-corrected chi connectivity index (χ4v) is 3.80. The van der Waals surface area contributed by atoms with Gasteiger partial charge in [0.15, 0.2) is 6.29 Å².